The van der Waals surface area contributed by atoms with Crippen LogP contribution in [0.25, 0.3) is 0 Å². The summed E-state index contributed by atoms with van der Waals surface area (Å²) in [5.74, 6) is 0. The first-order valence-corrected chi connectivity index (χ1v) is 9.02. The average molecular weight is 310 g/mol. The van der Waals surface area contributed by atoms with Crippen LogP contribution in [-0.2, 0) is 16.6 Å². The second kappa shape index (κ2) is 6.07. The molecule has 1 fully saturated rings. The van der Waals surface area contributed by atoms with Crippen LogP contribution in [0.4, 0.5) is 0 Å². The van der Waals surface area contributed by atoms with Crippen LogP contribution in [-0.4, -0.2) is 20.5 Å². The molecule has 0 bridgehead atoms. The van der Waals surface area contributed by atoms with E-state index in [9.17, 15) is 8.42 Å². The first-order chi connectivity index (χ1) is 9.70. The Balaban J connectivity index is 2.18. The van der Waals surface area contributed by atoms with E-state index in [1.807, 2.05) is 39.8 Å². The molecule has 1 atom stereocenters. The van der Waals surface area contributed by atoms with Gasteiger partial charge in [0, 0.05) is 18.6 Å². The van der Waals surface area contributed by atoms with Crippen molar-refractivity contribution >= 4 is 10.0 Å². The van der Waals surface area contributed by atoms with E-state index in [2.05, 4.69) is 10.0 Å². The Morgan fingerprint density at radius 2 is 1.86 bits per heavy atom. The topological polar surface area (TPSA) is 58.2 Å². The largest absolute Gasteiger partial charge is 0.310 e. The number of sulfonamides is 1. The van der Waals surface area contributed by atoms with E-state index in [4.69, 9.17) is 0 Å². The van der Waals surface area contributed by atoms with Gasteiger partial charge in [-0.3, -0.25) is 0 Å². The highest BCUT2D eigenvalue weighted by Crippen LogP contribution is 2.24. The molecule has 0 heterocycles. The van der Waals surface area contributed by atoms with Gasteiger partial charge in [0.05, 0.1) is 4.90 Å². The van der Waals surface area contributed by atoms with Crippen molar-refractivity contribution in [1.82, 2.24) is 10.0 Å². The molecule has 21 heavy (non-hydrogen) atoms. The van der Waals surface area contributed by atoms with Crippen LogP contribution in [0, 0.1) is 5.41 Å². The molecule has 1 aromatic carbocycles. The van der Waals surface area contributed by atoms with Crippen LogP contribution in [0.15, 0.2) is 29.2 Å². The molecule has 2 rings (SSSR count). The zero-order valence-corrected chi connectivity index (χ0v) is 14.1. The summed E-state index contributed by atoms with van der Waals surface area (Å²) < 4.78 is 28.1. The van der Waals surface area contributed by atoms with E-state index < -0.39 is 10.0 Å². The number of rotatable bonds is 6. The van der Waals surface area contributed by atoms with Gasteiger partial charge in [0.2, 0.25) is 10.0 Å². The summed E-state index contributed by atoms with van der Waals surface area (Å²) in [4.78, 5) is 0.384. The number of nitrogens with one attached hydrogen (secondary N) is 2. The molecule has 118 valence electrons. The lowest BCUT2D eigenvalue weighted by molar-refractivity contribution is 0.317. The second-order valence-corrected chi connectivity index (χ2v) is 8.65. The lowest BCUT2D eigenvalue weighted by Gasteiger charge is -2.28. The molecule has 0 aromatic heterocycles. The highest BCUT2D eigenvalue weighted by atomic mass is 32.2. The predicted molar refractivity (Wildman–Crippen MR) is 85.5 cm³/mol. The SMILES string of the molecule is CC(NS(=O)(=O)c1ccccc1CNC1CC1)C(C)(C)C. The lowest BCUT2D eigenvalue weighted by atomic mass is 9.89. The van der Waals surface area contributed by atoms with Crippen LogP contribution < -0.4 is 10.0 Å². The minimum Gasteiger partial charge on any atom is -0.310 e. The summed E-state index contributed by atoms with van der Waals surface area (Å²) in [7, 11) is -3.49. The quantitative estimate of drug-likeness (QED) is 0.849. The van der Waals surface area contributed by atoms with Gasteiger partial charge in [-0.2, -0.15) is 0 Å². The maximum absolute atomic E-state index is 12.6. The monoisotopic (exact) mass is 310 g/mol. The summed E-state index contributed by atoms with van der Waals surface area (Å²) in [6, 6.07) is 7.65. The Kier molecular flexibility index (Phi) is 4.76. The zero-order chi connectivity index (χ0) is 15.7. The van der Waals surface area contributed by atoms with Crippen molar-refractivity contribution in [2.75, 3.05) is 0 Å². The summed E-state index contributed by atoms with van der Waals surface area (Å²) >= 11 is 0. The molecule has 5 heteroatoms. The summed E-state index contributed by atoms with van der Waals surface area (Å²) in [6.07, 6.45) is 2.38. The summed E-state index contributed by atoms with van der Waals surface area (Å²) in [5.41, 5.74) is 0.715. The highest BCUT2D eigenvalue weighted by Gasteiger charge is 2.27. The molecule has 1 unspecified atom stereocenters. The van der Waals surface area contributed by atoms with Gasteiger partial charge in [-0.1, -0.05) is 39.0 Å². The Labute approximate surface area is 128 Å². The predicted octanol–water partition coefficient (Wildman–Crippen LogP) is 2.65. The molecule has 0 aliphatic heterocycles. The Morgan fingerprint density at radius 1 is 1.24 bits per heavy atom. The van der Waals surface area contributed by atoms with Crippen molar-refractivity contribution in [3.05, 3.63) is 29.8 Å². The van der Waals surface area contributed by atoms with Gasteiger partial charge >= 0.3 is 0 Å². The van der Waals surface area contributed by atoms with Crippen molar-refractivity contribution in [3.8, 4) is 0 Å². The fraction of sp³-hybridized carbons (Fsp3) is 0.625. The molecule has 0 radical (unpaired) electrons. The lowest BCUT2D eigenvalue weighted by Crippen LogP contribution is -2.41. The van der Waals surface area contributed by atoms with Crippen LogP contribution in [0.5, 0.6) is 0 Å². The molecular formula is C16H26N2O2S. The number of hydrogen-bond acceptors (Lipinski definition) is 3. The van der Waals surface area contributed by atoms with Crippen molar-refractivity contribution in [3.63, 3.8) is 0 Å². The third-order valence-corrected chi connectivity index (χ3v) is 5.69. The van der Waals surface area contributed by atoms with Crippen LogP contribution in [0.3, 0.4) is 0 Å². The third-order valence-electron chi connectivity index (χ3n) is 4.05. The van der Waals surface area contributed by atoms with Crippen molar-refractivity contribution in [2.45, 2.75) is 64.1 Å². The van der Waals surface area contributed by atoms with E-state index in [0.29, 0.717) is 17.5 Å². The maximum Gasteiger partial charge on any atom is 0.241 e. The summed E-state index contributed by atoms with van der Waals surface area (Å²) in [5, 5.41) is 3.38. The van der Waals surface area contributed by atoms with Gasteiger partial charge < -0.3 is 5.32 Å². The van der Waals surface area contributed by atoms with E-state index in [-0.39, 0.29) is 11.5 Å². The Morgan fingerprint density at radius 3 is 2.43 bits per heavy atom. The molecular weight excluding hydrogens is 284 g/mol. The average Bonchev–Trinajstić information content (AvgIpc) is 3.19. The first kappa shape index (κ1) is 16.5. The van der Waals surface area contributed by atoms with Crippen molar-refractivity contribution in [1.29, 1.82) is 0 Å². The molecule has 1 aromatic rings. The number of benzene rings is 1. The fourth-order valence-electron chi connectivity index (χ4n) is 1.93. The zero-order valence-electron chi connectivity index (χ0n) is 13.3. The fourth-order valence-corrected chi connectivity index (χ4v) is 3.62. The van der Waals surface area contributed by atoms with Crippen LogP contribution >= 0.6 is 0 Å². The first-order valence-electron chi connectivity index (χ1n) is 7.54. The van der Waals surface area contributed by atoms with Crippen molar-refractivity contribution < 1.29 is 8.42 Å². The van der Waals surface area contributed by atoms with Crippen molar-refractivity contribution in [2.24, 2.45) is 5.41 Å². The standard InChI is InChI=1S/C16H26N2O2S/c1-12(16(2,3)4)18-21(19,20)15-8-6-5-7-13(15)11-17-14-9-10-14/h5-8,12,14,17-18H,9-11H2,1-4H3. The molecule has 0 saturated heterocycles. The second-order valence-electron chi connectivity index (χ2n) is 6.97. The van der Waals surface area contributed by atoms with E-state index in [0.717, 1.165) is 5.56 Å². The van der Waals surface area contributed by atoms with Gasteiger partial charge in [-0.05, 0) is 36.8 Å². The van der Waals surface area contributed by atoms with E-state index in [1.165, 1.54) is 12.8 Å². The van der Waals surface area contributed by atoms with E-state index >= 15 is 0 Å². The molecule has 1 aliphatic carbocycles. The van der Waals surface area contributed by atoms with Gasteiger partial charge in [0.25, 0.3) is 0 Å². The maximum atomic E-state index is 12.6. The molecule has 4 nitrogen and oxygen atoms in total. The highest BCUT2D eigenvalue weighted by molar-refractivity contribution is 7.89. The normalized spacial score (nSPS) is 17.7. The van der Waals surface area contributed by atoms with Gasteiger partial charge in [0.1, 0.15) is 0 Å². The van der Waals surface area contributed by atoms with E-state index in [1.54, 1.807) is 12.1 Å². The van der Waals surface area contributed by atoms with Crippen LogP contribution in [0.2, 0.25) is 0 Å². The van der Waals surface area contributed by atoms with Gasteiger partial charge in [-0.25, -0.2) is 13.1 Å². The molecule has 2 N–H and O–H groups in total. The Bertz CT molecular complexity index is 587. The smallest absolute Gasteiger partial charge is 0.241 e. The van der Waals surface area contributed by atoms with Gasteiger partial charge in [-0.15, -0.1) is 0 Å². The molecule has 1 aliphatic rings. The minimum absolute atomic E-state index is 0.117. The third kappa shape index (κ3) is 4.53. The minimum atomic E-state index is -3.49. The molecule has 1 saturated carbocycles. The molecule has 0 amide bonds. The summed E-state index contributed by atoms with van der Waals surface area (Å²) in [6.45, 7) is 8.59. The van der Waals surface area contributed by atoms with Gasteiger partial charge in [0.15, 0.2) is 0 Å². The number of hydrogen-bond donors (Lipinski definition) is 2. The Hall–Kier alpha value is -0.910. The molecule has 0 spiro atoms. The van der Waals surface area contributed by atoms with Crippen LogP contribution in [0.1, 0.15) is 46.1 Å².